The highest BCUT2D eigenvalue weighted by atomic mass is 32.2. The van der Waals surface area contributed by atoms with Crippen LogP contribution in [0.2, 0.25) is 0 Å². The summed E-state index contributed by atoms with van der Waals surface area (Å²) in [5.74, 6) is 3.51. The molecule has 0 bridgehead atoms. The van der Waals surface area contributed by atoms with Crippen molar-refractivity contribution in [2.24, 2.45) is 0 Å². The smallest absolute Gasteiger partial charge is 0.304 e. The van der Waals surface area contributed by atoms with E-state index in [1.54, 1.807) is 11.8 Å². The second-order valence-corrected chi connectivity index (χ2v) is 7.59. The highest BCUT2D eigenvalue weighted by Crippen LogP contribution is 2.08. The van der Waals surface area contributed by atoms with Gasteiger partial charge < -0.3 is 5.11 Å². The van der Waals surface area contributed by atoms with E-state index in [2.05, 4.69) is 43.4 Å². The number of hydrogen-bond donors (Lipinski definition) is 1. The minimum atomic E-state index is -0.695. The van der Waals surface area contributed by atoms with Gasteiger partial charge in [0.2, 0.25) is 0 Å². The summed E-state index contributed by atoms with van der Waals surface area (Å²) in [5.41, 5.74) is 0. The molecule has 0 amide bonds. The zero-order valence-corrected chi connectivity index (χ0v) is 16.0. The van der Waals surface area contributed by atoms with Crippen molar-refractivity contribution in [3.8, 4) is 0 Å². The van der Waals surface area contributed by atoms with Crippen LogP contribution in [0.15, 0.2) is 36.5 Å². The van der Waals surface area contributed by atoms with Crippen LogP contribution in [-0.2, 0) is 4.79 Å². The molecule has 0 aliphatic rings. The molecule has 4 heteroatoms. The molecule has 0 heterocycles. The molecule has 0 aliphatic carbocycles. The van der Waals surface area contributed by atoms with E-state index in [-0.39, 0.29) is 6.42 Å². The van der Waals surface area contributed by atoms with Crippen molar-refractivity contribution in [2.45, 2.75) is 51.9 Å². The third-order valence-corrected chi connectivity index (χ3v) is 5.17. The summed E-state index contributed by atoms with van der Waals surface area (Å²) in [7, 11) is 0. The highest BCUT2D eigenvalue weighted by Gasteiger charge is 1.95. The molecule has 0 aromatic carbocycles. The van der Waals surface area contributed by atoms with Crippen molar-refractivity contribution in [3.05, 3.63) is 36.5 Å². The summed E-state index contributed by atoms with van der Waals surface area (Å²) in [6.45, 7) is 2.22. The van der Waals surface area contributed by atoms with Crippen LogP contribution < -0.4 is 0 Å². The van der Waals surface area contributed by atoms with Gasteiger partial charge in [-0.25, -0.2) is 0 Å². The maximum atomic E-state index is 10.3. The lowest BCUT2D eigenvalue weighted by atomic mass is 10.2. The number of carboxylic acids is 1. The molecule has 23 heavy (non-hydrogen) atoms. The molecule has 0 aromatic heterocycles. The van der Waals surface area contributed by atoms with E-state index >= 15 is 0 Å². The van der Waals surface area contributed by atoms with Crippen molar-refractivity contribution < 1.29 is 9.90 Å². The molecule has 0 unspecified atom stereocenters. The van der Waals surface area contributed by atoms with E-state index in [4.69, 9.17) is 5.11 Å². The van der Waals surface area contributed by atoms with Crippen molar-refractivity contribution in [1.29, 1.82) is 0 Å². The van der Waals surface area contributed by atoms with Gasteiger partial charge in [-0.3, -0.25) is 4.79 Å². The fraction of sp³-hybridized carbons (Fsp3) is 0.632. The van der Waals surface area contributed by atoms with Gasteiger partial charge in [0.05, 0.1) is 6.42 Å². The van der Waals surface area contributed by atoms with Crippen LogP contribution in [0.3, 0.4) is 0 Å². The number of allylic oxidation sites excluding steroid dienone is 5. The summed E-state index contributed by atoms with van der Waals surface area (Å²) in [4.78, 5) is 10.3. The molecule has 0 aromatic rings. The Morgan fingerprint density at radius 3 is 2.26 bits per heavy atom. The van der Waals surface area contributed by atoms with Crippen LogP contribution in [0, 0.1) is 0 Å². The average Bonchev–Trinajstić information content (AvgIpc) is 2.53. The van der Waals surface area contributed by atoms with Crippen molar-refractivity contribution >= 4 is 29.5 Å². The molecule has 1 N–H and O–H groups in total. The first-order valence-electron chi connectivity index (χ1n) is 8.59. The first kappa shape index (κ1) is 22.4. The molecule has 0 fully saturated rings. The summed E-state index contributed by atoms with van der Waals surface area (Å²) in [6.07, 6.45) is 20.5. The quantitative estimate of drug-likeness (QED) is 0.274. The molecule has 0 aliphatic heterocycles. The largest absolute Gasteiger partial charge is 0.481 e. The minimum absolute atomic E-state index is 0.281. The third kappa shape index (κ3) is 21.4. The first-order valence-corrected chi connectivity index (χ1v) is 10.9. The van der Waals surface area contributed by atoms with Gasteiger partial charge in [-0.05, 0) is 50.0 Å². The molecule has 0 saturated carbocycles. The Morgan fingerprint density at radius 2 is 1.57 bits per heavy atom. The monoisotopic (exact) mass is 356 g/mol. The van der Waals surface area contributed by atoms with Gasteiger partial charge in [-0.1, -0.05) is 43.4 Å². The molecular formula is C19H32O2S2. The third-order valence-electron chi connectivity index (χ3n) is 2.98. The van der Waals surface area contributed by atoms with E-state index in [0.29, 0.717) is 0 Å². The lowest BCUT2D eigenvalue weighted by molar-refractivity contribution is -0.136. The van der Waals surface area contributed by atoms with Crippen LogP contribution >= 0.6 is 23.5 Å². The second-order valence-electron chi connectivity index (χ2n) is 5.21. The Balaban J connectivity index is 3.27. The van der Waals surface area contributed by atoms with Gasteiger partial charge in [0.15, 0.2) is 0 Å². The summed E-state index contributed by atoms with van der Waals surface area (Å²) >= 11 is 3.73. The number of carbonyl (C=O) groups is 1. The van der Waals surface area contributed by atoms with E-state index in [9.17, 15) is 4.79 Å². The highest BCUT2D eigenvalue weighted by molar-refractivity contribution is 7.99. The van der Waals surface area contributed by atoms with E-state index in [1.807, 2.05) is 11.8 Å². The number of hydrogen-bond acceptors (Lipinski definition) is 3. The maximum absolute atomic E-state index is 10.3. The lowest BCUT2D eigenvalue weighted by Crippen LogP contribution is -1.96. The van der Waals surface area contributed by atoms with Crippen molar-refractivity contribution in [1.82, 2.24) is 0 Å². The van der Waals surface area contributed by atoms with Crippen LogP contribution in [0.4, 0.5) is 0 Å². The minimum Gasteiger partial charge on any atom is -0.481 e. The van der Waals surface area contributed by atoms with Gasteiger partial charge in [-0.2, -0.15) is 23.5 Å². The van der Waals surface area contributed by atoms with Gasteiger partial charge in [0.25, 0.3) is 0 Å². The normalized spacial score (nSPS) is 12.0. The number of rotatable bonds is 16. The molecule has 132 valence electrons. The Morgan fingerprint density at radius 1 is 0.870 bits per heavy atom. The van der Waals surface area contributed by atoms with Gasteiger partial charge in [0.1, 0.15) is 0 Å². The molecule has 0 saturated heterocycles. The SMILES string of the molecule is CCCSCC=CCC=CCC=CCCCCSCCC(=O)O. The van der Waals surface area contributed by atoms with E-state index < -0.39 is 5.97 Å². The Hall–Kier alpha value is -0.610. The molecule has 0 spiro atoms. The standard InChI is InChI=1S/C19H32O2S2/c1-2-15-22-16-12-10-8-6-4-3-5-7-9-11-13-17-23-18-14-19(20)21/h4-7,10,12H,2-3,8-9,11,13-18H2,1H3,(H,20,21). The summed E-state index contributed by atoms with van der Waals surface area (Å²) in [5, 5.41) is 8.52. The maximum Gasteiger partial charge on any atom is 0.304 e. The van der Waals surface area contributed by atoms with E-state index in [0.717, 1.165) is 36.5 Å². The number of carboxylic acid groups (broad SMARTS) is 1. The molecule has 2 nitrogen and oxygen atoms in total. The fourth-order valence-corrected chi connectivity index (χ4v) is 3.41. The Kier molecular flexibility index (Phi) is 18.9. The van der Waals surface area contributed by atoms with Crippen LogP contribution in [0.25, 0.3) is 0 Å². The van der Waals surface area contributed by atoms with Gasteiger partial charge in [-0.15, -0.1) is 0 Å². The van der Waals surface area contributed by atoms with Crippen molar-refractivity contribution in [2.75, 3.05) is 23.0 Å². The van der Waals surface area contributed by atoms with Crippen LogP contribution in [0.1, 0.15) is 51.9 Å². The predicted octanol–water partition coefficient (Wildman–Crippen LogP) is 5.96. The molecular weight excluding hydrogens is 324 g/mol. The topological polar surface area (TPSA) is 37.3 Å². The fourth-order valence-electron chi connectivity index (χ4n) is 1.75. The second kappa shape index (κ2) is 19.4. The van der Waals surface area contributed by atoms with Crippen LogP contribution in [0.5, 0.6) is 0 Å². The molecule has 0 radical (unpaired) electrons. The Labute approximate surface area is 150 Å². The Bertz CT molecular complexity index is 349. The molecule has 0 rings (SSSR count). The zero-order chi connectivity index (χ0) is 17.0. The van der Waals surface area contributed by atoms with Gasteiger partial charge >= 0.3 is 5.97 Å². The van der Waals surface area contributed by atoms with Crippen LogP contribution in [-0.4, -0.2) is 34.1 Å². The zero-order valence-electron chi connectivity index (χ0n) is 14.4. The average molecular weight is 357 g/mol. The summed E-state index contributed by atoms with van der Waals surface area (Å²) in [6, 6.07) is 0. The van der Waals surface area contributed by atoms with Crippen molar-refractivity contribution in [3.63, 3.8) is 0 Å². The number of thioether (sulfide) groups is 2. The molecule has 0 atom stereocenters. The lowest BCUT2D eigenvalue weighted by Gasteiger charge is -1.98. The summed E-state index contributed by atoms with van der Waals surface area (Å²) < 4.78 is 0. The van der Waals surface area contributed by atoms with E-state index in [1.165, 1.54) is 25.0 Å². The van der Waals surface area contributed by atoms with Gasteiger partial charge in [0, 0.05) is 11.5 Å². The first-order chi connectivity index (χ1) is 11.3. The number of aliphatic carboxylic acids is 1. The predicted molar refractivity (Wildman–Crippen MR) is 108 cm³/mol. The number of unbranched alkanes of at least 4 members (excludes halogenated alkanes) is 2.